The van der Waals surface area contributed by atoms with Gasteiger partial charge >= 0.3 is 0 Å². The Morgan fingerprint density at radius 2 is 2.29 bits per heavy atom. The van der Waals surface area contributed by atoms with Crippen LogP contribution in [0, 0.1) is 0 Å². The van der Waals surface area contributed by atoms with Gasteiger partial charge in [0.1, 0.15) is 0 Å². The third-order valence-electron chi connectivity index (χ3n) is 3.86. The van der Waals surface area contributed by atoms with E-state index in [0.717, 1.165) is 19.4 Å². The number of rotatable bonds is 7. The summed E-state index contributed by atoms with van der Waals surface area (Å²) in [5.74, 6) is 0. The van der Waals surface area contributed by atoms with Crippen molar-refractivity contribution in [1.82, 2.24) is 5.32 Å². The molecule has 2 N–H and O–H groups in total. The highest BCUT2D eigenvalue weighted by Gasteiger charge is 2.31. The minimum atomic E-state index is -0.408. The smallest absolute Gasteiger partial charge is 0.0897 e. The van der Waals surface area contributed by atoms with Crippen LogP contribution in [0.2, 0.25) is 0 Å². The molecular formula is C13H25NO3. The molecule has 2 unspecified atom stereocenters. The summed E-state index contributed by atoms with van der Waals surface area (Å²) in [5.41, 5.74) is 0.259. The molecule has 1 heterocycles. The SMILES string of the molecule is CC1(NCC(O)COCC2CCCO2)CCC1. The molecule has 4 nitrogen and oxygen atoms in total. The third kappa shape index (κ3) is 4.21. The van der Waals surface area contributed by atoms with Gasteiger partial charge in [0.05, 0.1) is 25.4 Å². The number of β-amino-alcohol motifs (C(OH)–C–C–N with tert-alkyl or cyclic N) is 1. The highest BCUT2D eigenvalue weighted by atomic mass is 16.5. The Labute approximate surface area is 104 Å². The van der Waals surface area contributed by atoms with Gasteiger partial charge in [-0.15, -0.1) is 0 Å². The van der Waals surface area contributed by atoms with Crippen molar-refractivity contribution in [3.63, 3.8) is 0 Å². The average Bonchev–Trinajstić information content (AvgIpc) is 2.77. The molecule has 1 aliphatic heterocycles. The van der Waals surface area contributed by atoms with Crippen LogP contribution in [0.25, 0.3) is 0 Å². The predicted molar refractivity (Wildman–Crippen MR) is 66.1 cm³/mol. The van der Waals surface area contributed by atoms with Crippen molar-refractivity contribution in [3.05, 3.63) is 0 Å². The second-order valence-electron chi connectivity index (χ2n) is 5.62. The maximum atomic E-state index is 9.78. The maximum absolute atomic E-state index is 9.78. The zero-order valence-corrected chi connectivity index (χ0v) is 10.8. The molecule has 0 amide bonds. The standard InChI is InChI=1S/C13H25NO3/c1-13(5-3-6-13)14-8-11(15)9-16-10-12-4-2-7-17-12/h11-12,14-15H,2-10H2,1H3. The molecule has 0 radical (unpaired) electrons. The van der Waals surface area contributed by atoms with Crippen molar-refractivity contribution in [2.24, 2.45) is 0 Å². The second kappa shape index (κ2) is 6.14. The third-order valence-corrected chi connectivity index (χ3v) is 3.86. The Balaban J connectivity index is 1.49. The van der Waals surface area contributed by atoms with Gasteiger partial charge in [0.2, 0.25) is 0 Å². The average molecular weight is 243 g/mol. The zero-order chi connectivity index (χ0) is 12.1. The Bertz CT molecular complexity index is 225. The highest BCUT2D eigenvalue weighted by Crippen LogP contribution is 2.30. The molecule has 1 saturated carbocycles. The van der Waals surface area contributed by atoms with Crippen LogP contribution in [0.1, 0.15) is 39.0 Å². The molecular weight excluding hydrogens is 218 g/mol. The van der Waals surface area contributed by atoms with Crippen LogP contribution in [-0.4, -0.2) is 49.2 Å². The first kappa shape index (κ1) is 13.3. The molecule has 2 aliphatic rings. The lowest BCUT2D eigenvalue weighted by Crippen LogP contribution is -2.51. The summed E-state index contributed by atoms with van der Waals surface area (Å²) >= 11 is 0. The van der Waals surface area contributed by atoms with E-state index in [-0.39, 0.29) is 11.6 Å². The minimum absolute atomic E-state index is 0.249. The quantitative estimate of drug-likeness (QED) is 0.702. The summed E-state index contributed by atoms with van der Waals surface area (Å²) in [4.78, 5) is 0. The van der Waals surface area contributed by atoms with Crippen LogP contribution < -0.4 is 5.32 Å². The molecule has 2 atom stereocenters. The Hall–Kier alpha value is -0.160. The van der Waals surface area contributed by atoms with Crippen LogP contribution in [-0.2, 0) is 9.47 Å². The number of nitrogens with one attached hydrogen (secondary N) is 1. The van der Waals surface area contributed by atoms with E-state index in [0.29, 0.717) is 19.8 Å². The summed E-state index contributed by atoms with van der Waals surface area (Å²) in [6.45, 7) is 4.73. The van der Waals surface area contributed by atoms with Gasteiger partial charge in [-0.1, -0.05) is 0 Å². The van der Waals surface area contributed by atoms with Gasteiger partial charge < -0.3 is 19.9 Å². The van der Waals surface area contributed by atoms with Crippen LogP contribution in [0.4, 0.5) is 0 Å². The van der Waals surface area contributed by atoms with Crippen LogP contribution in [0.15, 0.2) is 0 Å². The normalized spacial score (nSPS) is 28.9. The molecule has 4 heteroatoms. The van der Waals surface area contributed by atoms with Crippen molar-refractivity contribution in [2.45, 2.75) is 56.8 Å². The molecule has 100 valence electrons. The maximum Gasteiger partial charge on any atom is 0.0897 e. The Morgan fingerprint density at radius 1 is 1.47 bits per heavy atom. The fraction of sp³-hybridized carbons (Fsp3) is 1.00. The first-order valence-corrected chi connectivity index (χ1v) is 6.80. The fourth-order valence-electron chi connectivity index (χ4n) is 2.42. The van der Waals surface area contributed by atoms with E-state index in [2.05, 4.69) is 12.2 Å². The van der Waals surface area contributed by atoms with Gasteiger partial charge in [-0.05, 0) is 39.0 Å². The largest absolute Gasteiger partial charge is 0.389 e. The molecule has 0 spiro atoms. The predicted octanol–water partition coefficient (Wildman–Crippen LogP) is 1.08. The van der Waals surface area contributed by atoms with E-state index in [1.54, 1.807) is 0 Å². The van der Waals surface area contributed by atoms with Crippen LogP contribution in [0.3, 0.4) is 0 Å². The molecule has 0 aromatic carbocycles. The Morgan fingerprint density at radius 3 is 2.88 bits per heavy atom. The molecule has 0 aromatic rings. The summed E-state index contributed by atoms with van der Waals surface area (Å²) in [5, 5.41) is 13.2. The highest BCUT2D eigenvalue weighted by molar-refractivity contribution is 4.91. The van der Waals surface area contributed by atoms with Gasteiger partial charge in [-0.3, -0.25) is 0 Å². The topological polar surface area (TPSA) is 50.7 Å². The number of aliphatic hydroxyl groups excluding tert-OH is 1. The number of hydrogen-bond donors (Lipinski definition) is 2. The first-order chi connectivity index (χ1) is 8.18. The Kier molecular flexibility index (Phi) is 4.79. The lowest BCUT2D eigenvalue weighted by Gasteiger charge is -2.40. The molecule has 1 saturated heterocycles. The second-order valence-corrected chi connectivity index (χ2v) is 5.62. The molecule has 0 aromatic heterocycles. The molecule has 1 aliphatic carbocycles. The van der Waals surface area contributed by atoms with E-state index in [4.69, 9.17) is 9.47 Å². The monoisotopic (exact) mass is 243 g/mol. The van der Waals surface area contributed by atoms with Crippen molar-refractivity contribution in [3.8, 4) is 0 Å². The summed E-state index contributed by atoms with van der Waals surface area (Å²) in [6, 6.07) is 0. The van der Waals surface area contributed by atoms with Crippen LogP contribution in [0.5, 0.6) is 0 Å². The van der Waals surface area contributed by atoms with E-state index in [1.807, 2.05) is 0 Å². The summed E-state index contributed by atoms with van der Waals surface area (Å²) in [6.07, 6.45) is 5.80. The minimum Gasteiger partial charge on any atom is -0.389 e. The molecule has 2 rings (SSSR count). The van der Waals surface area contributed by atoms with Gasteiger partial charge in [-0.2, -0.15) is 0 Å². The number of hydrogen-bond acceptors (Lipinski definition) is 4. The van der Waals surface area contributed by atoms with E-state index >= 15 is 0 Å². The van der Waals surface area contributed by atoms with Crippen LogP contribution >= 0.6 is 0 Å². The van der Waals surface area contributed by atoms with Crippen molar-refractivity contribution in [1.29, 1.82) is 0 Å². The van der Waals surface area contributed by atoms with Crippen molar-refractivity contribution >= 4 is 0 Å². The van der Waals surface area contributed by atoms with E-state index in [9.17, 15) is 5.11 Å². The lowest BCUT2D eigenvalue weighted by atomic mass is 9.78. The van der Waals surface area contributed by atoms with E-state index in [1.165, 1.54) is 19.3 Å². The zero-order valence-electron chi connectivity index (χ0n) is 10.8. The molecule has 2 fully saturated rings. The number of ether oxygens (including phenoxy) is 2. The van der Waals surface area contributed by atoms with Gasteiger partial charge in [0, 0.05) is 18.7 Å². The molecule has 17 heavy (non-hydrogen) atoms. The summed E-state index contributed by atoms with van der Waals surface area (Å²) < 4.78 is 10.9. The lowest BCUT2D eigenvalue weighted by molar-refractivity contribution is -0.0191. The van der Waals surface area contributed by atoms with Gasteiger partial charge in [0.25, 0.3) is 0 Å². The number of aliphatic hydroxyl groups is 1. The van der Waals surface area contributed by atoms with Gasteiger partial charge in [0.15, 0.2) is 0 Å². The van der Waals surface area contributed by atoms with E-state index < -0.39 is 6.10 Å². The van der Waals surface area contributed by atoms with Crippen molar-refractivity contribution < 1.29 is 14.6 Å². The first-order valence-electron chi connectivity index (χ1n) is 6.80. The fourth-order valence-corrected chi connectivity index (χ4v) is 2.42. The molecule has 0 bridgehead atoms. The van der Waals surface area contributed by atoms with Gasteiger partial charge in [-0.25, -0.2) is 0 Å². The summed E-state index contributed by atoms with van der Waals surface area (Å²) in [7, 11) is 0. The van der Waals surface area contributed by atoms with Crippen molar-refractivity contribution in [2.75, 3.05) is 26.4 Å².